The Kier molecular flexibility index (Phi) is 2.69. The average molecular weight is 193 g/mol. The van der Waals surface area contributed by atoms with E-state index in [-0.39, 0.29) is 5.82 Å². The Labute approximate surface area is 81.7 Å². The van der Waals surface area contributed by atoms with Crippen LogP contribution < -0.4 is 4.90 Å². The Morgan fingerprint density at radius 1 is 1.43 bits per heavy atom. The van der Waals surface area contributed by atoms with Crippen LogP contribution in [-0.2, 0) is 4.74 Å². The van der Waals surface area contributed by atoms with E-state index in [1.807, 2.05) is 0 Å². The second kappa shape index (κ2) is 4.15. The molecular formula is C9H11N3O2. The number of carbonyl (C=O) groups excluding carboxylic acids is 1. The van der Waals surface area contributed by atoms with Crippen LogP contribution in [0.4, 0.5) is 5.82 Å². The minimum atomic E-state index is 0.231. The molecule has 5 nitrogen and oxygen atoms in total. The first kappa shape index (κ1) is 9.08. The van der Waals surface area contributed by atoms with Crippen LogP contribution in [0.1, 0.15) is 10.6 Å². The van der Waals surface area contributed by atoms with E-state index in [0.717, 1.165) is 18.9 Å². The largest absolute Gasteiger partial charge is 0.378 e. The van der Waals surface area contributed by atoms with Crippen molar-refractivity contribution in [2.75, 3.05) is 31.2 Å². The molecule has 0 spiro atoms. The number of nitrogens with zero attached hydrogens (tertiary/aromatic N) is 3. The molecule has 0 saturated carbocycles. The quantitative estimate of drug-likeness (QED) is 0.625. The fourth-order valence-corrected chi connectivity index (χ4v) is 1.39. The number of aldehydes is 1. The summed E-state index contributed by atoms with van der Waals surface area (Å²) in [7, 11) is 0. The van der Waals surface area contributed by atoms with Gasteiger partial charge in [0.1, 0.15) is 5.82 Å². The molecule has 2 rings (SSSR count). The number of rotatable bonds is 2. The van der Waals surface area contributed by atoms with E-state index in [9.17, 15) is 4.79 Å². The second-order valence-corrected chi connectivity index (χ2v) is 2.99. The maximum atomic E-state index is 10.5. The van der Waals surface area contributed by atoms with Crippen molar-refractivity contribution in [1.82, 2.24) is 9.97 Å². The summed E-state index contributed by atoms with van der Waals surface area (Å²) >= 11 is 0. The predicted molar refractivity (Wildman–Crippen MR) is 50.5 cm³/mol. The Hall–Kier alpha value is -1.49. The number of hydrogen-bond acceptors (Lipinski definition) is 5. The van der Waals surface area contributed by atoms with Crippen LogP contribution in [0.2, 0.25) is 0 Å². The fourth-order valence-electron chi connectivity index (χ4n) is 1.39. The number of hydrogen-bond donors (Lipinski definition) is 0. The van der Waals surface area contributed by atoms with Gasteiger partial charge in [0, 0.05) is 19.3 Å². The molecule has 1 aliphatic heterocycles. The SMILES string of the molecule is O=Cc1nccc(N2CCOCC2)n1. The zero-order valence-corrected chi connectivity index (χ0v) is 7.72. The lowest BCUT2D eigenvalue weighted by Crippen LogP contribution is -2.36. The molecule has 0 aromatic carbocycles. The van der Waals surface area contributed by atoms with Crippen molar-refractivity contribution in [3.63, 3.8) is 0 Å². The van der Waals surface area contributed by atoms with Gasteiger partial charge in [-0.15, -0.1) is 0 Å². The highest BCUT2D eigenvalue weighted by molar-refractivity contribution is 5.69. The number of ether oxygens (including phenoxy) is 1. The summed E-state index contributed by atoms with van der Waals surface area (Å²) in [5.41, 5.74) is 0. The average Bonchev–Trinajstić information content (AvgIpc) is 2.30. The first-order valence-corrected chi connectivity index (χ1v) is 4.51. The Morgan fingerprint density at radius 3 is 2.93 bits per heavy atom. The first-order chi connectivity index (χ1) is 6.90. The molecule has 1 fully saturated rings. The third-order valence-corrected chi connectivity index (χ3v) is 2.10. The van der Waals surface area contributed by atoms with E-state index in [2.05, 4.69) is 14.9 Å². The van der Waals surface area contributed by atoms with Gasteiger partial charge in [-0.25, -0.2) is 9.97 Å². The number of aromatic nitrogens is 2. The molecule has 0 aliphatic carbocycles. The van der Waals surface area contributed by atoms with Crippen LogP contribution in [0.3, 0.4) is 0 Å². The summed E-state index contributed by atoms with van der Waals surface area (Å²) in [5, 5.41) is 0. The molecule has 2 heterocycles. The third-order valence-electron chi connectivity index (χ3n) is 2.10. The van der Waals surface area contributed by atoms with Crippen molar-refractivity contribution >= 4 is 12.1 Å². The molecule has 1 saturated heterocycles. The number of anilines is 1. The van der Waals surface area contributed by atoms with Gasteiger partial charge in [-0.3, -0.25) is 4.79 Å². The van der Waals surface area contributed by atoms with Gasteiger partial charge in [0.25, 0.3) is 0 Å². The minimum Gasteiger partial charge on any atom is -0.378 e. The van der Waals surface area contributed by atoms with Gasteiger partial charge in [-0.05, 0) is 6.07 Å². The Balaban J connectivity index is 2.17. The normalized spacial score (nSPS) is 16.7. The molecule has 0 atom stereocenters. The van der Waals surface area contributed by atoms with Crippen LogP contribution in [0.15, 0.2) is 12.3 Å². The standard InChI is InChI=1S/C9H11N3O2/c13-7-8-10-2-1-9(11-8)12-3-5-14-6-4-12/h1-2,7H,3-6H2. The highest BCUT2D eigenvalue weighted by Gasteiger charge is 2.12. The van der Waals surface area contributed by atoms with Gasteiger partial charge in [0.15, 0.2) is 12.1 Å². The summed E-state index contributed by atoms with van der Waals surface area (Å²) < 4.78 is 5.22. The molecule has 0 amide bonds. The van der Waals surface area contributed by atoms with E-state index in [0.29, 0.717) is 19.5 Å². The number of morpholine rings is 1. The lowest BCUT2D eigenvalue weighted by molar-refractivity contribution is 0.111. The van der Waals surface area contributed by atoms with Crippen LogP contribution >= 0.6 is 0 Å². The van der Waals surface area contributed by atoms with Gasteiger partial charge in [0.2, 0.25) is 0 Å². The van der Waals surface area contributed by atoms with Gasteiger partial charge in [0.05, 0.1) is 13.2 Å². The maximum absolute atomic E-state index is 10.5. The minimum absolute atomic E-state index is 0.231. The topological polar surface area (TPSA) is 55.3 Å². The summed E-state index contributed by atoms with van der Waals surface area (Å²) in [4.78, 5) is 20.5. The van der Waals surface area contributed by atoms with E-state index < -0.39 is 0 Å². The Morgan fingerprint density at radius 2 is 2.21 bits per heavy atom. The first-order valence-electron chi connectivity index (χ1n) is 4.51. The summed E-state index contributed by atoms with van der Waals surface area (Å²) in [6, 6.07) is 1.80. The molecule has 0 unspecified atom stereocenters. The summed E-state index contributed by atoms with van der Waals surface area (Å²) in [6.07, 6.45) is 2.26. The monoisotopic (exact) mass is 193 g/mol. The van der Waals surface area contributed by atoms with Crippen molar-refractivity contribution < 1.29 is 9.53 Å². The molecule has 5 heteroatoms. The molecular weight excluding hydrogens is 182 g/mol. The fraction of sp³-hybridized carbons (Fsp3) is 0.444. The molecule has 14 heavy (non-hydrogen) atoms. The van der Waals surface area contributed by atoms with Crippen molar-refractivity contribution in [2.45, 2.75) is 0 Å². The molecule has 1 aromatic heterocycles. The van der Waals surface area contributed by atoms with Crippen LogP contribution in [0.5, 0.6) is 0 Å². The smallest absolute Gasteiger partial charge is 0.194 e. The van der Waals surface area contributed by atoms with Crippen molar-refractivity contribution in [1.29, 1.82) is 0 Å². The van der Waals surface area contributed by atoms with E-state index >= 15 is 0 Å². The molecule has 1 aromatic rings. The lowest BCUT2D eigenvalue weighted by atomic mass is 10.4. The predicted octanol–water partition coefficient (Wildman–Crippen LogP) is 0.126. The molecule has 1 aliphatic rings. The second-order valence-electron chi connectivity index (χ2n) is 2.99. The van der Waals surface area contributed by atoms with Crippen LogP contribution in [0, 0.1) is 0 Å². The van der Waals surface area contributed by atoms with Crippen molar-refractivity contribution in [3.8, 4) is 0 Å². The third kappa shape index (κ3) is 1.88. The van der Waals surface area contributed by atoms with Crippen LogP contribution in [-0.4, -0.2) is 42.6 Å². The van der Waals surface area contributed by atoms with Gasteiger partial charge < -0.3 is 9.64 Å². The van der Waals surface area contributed by atoms with E-state index in [1.165, 1.54) is 0 Å². The summed E-state index contributed by atoms with van der Waals surface area (Å²) in [6.45, 7) is 3.05. The van der Waals surface area contributed by atoms with Crippen LogP contribution in [0.25, 0.3) is 0 Å². The van der Waals surface area contributed by atoms with Gasteiger partial charge in [-0.2, -0.15) is 0 Å². The lowest BCUT2D eigenvalue weighted by Gasteiger charge is -2.27. The molecule has 0 radical (unpaired) electrons. The van der Waals surface area contributed by atoms with Crippen molar-refractivity contribution in [3.05, 3.63) is 18.1 Å². The number of carbonyl (C=O) groups is 1. The Bertz CT molecular complexity index is 324. The molecule has 0 bridgehead atoms. The zero-order chi connectivity index (χ0) is 9.80. The zero-order valence-electron chi connectivity index (χ0n) is 7.72. The summed E-state index contributed by atoms with van der Waals surface area (Å²) in [5.74, 6) is 1.03. The molecule has 0 N–H and O–H groups in total. The maximum Gasteiger partial charge on any atom is 0.194 e. The van der Waals surface area contributed by atoms with E-state index in [4.69, 9.17) is 4.74 Å². The van der Waals surface area contributed by atoms with Gasteiger partial charge in [-0.1, -0.05) is 0 Å². The highest BCUT2D eigenvalue weighted by Crippen LogP contribution is 2.10. The highest BCUT2D eigenvalue weighted by atomic mass is 16.5. The van der Waals surface area contributed by atoms with Gasteiger partial charge >= 0.3 is 0 Å². The molecule has 74 valence electrons. The van der Waals surface area contributed by atoms with E-state index in [1.54, 1.807) is 12.3 Å². The van der Waals surface area contributed by atoms with Crippen molar-refractivity contribution in [2.24, 2.45) is 0 Å².